The van der Waals surface area contributed by atoms with Crippen LogP contribution in [0.4, 0.5) is 0 Å². The lowest BCUT2D eigenvalue weighted by molar-refractivity contribution is 0.0996. The van der Waals surface area contributed by atoms with Crippen molar-refractivity contribution in [2.75, 3.05) is 19.7 Å². The average Bonchev–Trinajstić information content (AvgIpc) is 2.95. The topological polar surface area (TPSA) is 79.3 Å². The van der Waals surface area contributed by atoms with E-state index in [1.807, 2.05) is 18.2 Å². The molecule has 0 aromatic heterocycles. The molecule has 1 atom stereocenters. The third kappa shape index (κ3) is 7.68. The highest BCUT2D eigenvalue weighted by Gasteiger charge is 2.27. The number of hydrogen-bond donors (Lipinski definition) is 1. The number of amides is 1. The lowest BCUT2D eigenvalue weighted by atomic mass is 9.76. The van der Waals surface area contributed by atoms with Crippen molar-refractivity contribution in [3.63, 3.8) is 0 Å². The van der Waals surface area contributed by atoms with Crippen molar-refractivity contribution in [3.05, 3.63) is 101 Å². The summed E-state index contributed by atoms with van der Waals surface area (Å²) in [6, 6.07) is 28.2. The summed E-state index contributed by atoms with van der Waals surface area (Å²) in [5, 5.41) is 9.19. The van der Waals surface area contributed by atoms with Crippen LogP contribution < -0.4 is 10.5 Å². The van der Waals surface area contributed by atoms with Crippen LogP contribution >= 0.6 is 0 Å². The van der Waals surface area contributed by atoms with E-state index in [1.54, 1.807) is 18.2 Å². The first kappa shape index (κ1) is 26.4. The summed E-state index contributed by atoms with van der Waals surface area (Å²) in [7, 11) is 0. The van der Waals surface area contributed by atoms with Crippen LogP contribution in [0, 0.1) is 17.2 Å². The Hall–Kier alpha value is -3.62. The molecule has 37 heavy (non-hydrogen) atoms. The second-order valence-electron chi connectivity index (χ2n) is 10.0. The molecule has 0 bridgehead atoms. The number of nitrogens with two attached hydrogens (primary N) is 1. The molecule has 5 heteroatoms. The first-order chi connectivity index (χ1) is 18.1. The molecule has 0 aliphatic heterocycles. The SMILES string of the molecule is N#Cc1ccc(CN(CCCOc2ccccc2C(N)=O)CC(c2ccccc2)C2CCCCC2)cc1. The second kappa shape index (κ2) is 13.6. The maximum atomic E-state index is 11.7. The molecule has 0 saturated heterocycles. The number of nitrogens with zero attached hydrogens (tertiary/aromatic N) is 2. The van der Waals surface area contributed by atoms with E-state index in [2.05, 4.69) is 53.4 Å². The number of para-hydroxylation sites is 1. The van der Waals surface area contributed by atoms with Crippen molar-refractivity contribution in [3.8, 4) is 11.8 Å². The van der Waals surface area contributed by atoms with Gasteiger partial charge in [0.2, 0.25) is 0 Å². The zero-order valence-electron chi connectivity index (χ0n) is 21.5. The highest BCUT2D eigenvalue weighted by Crippen LogP contribution is 2.37. The van der Waals surface area contributed by atoms with Gasteiger partial charge in [0, 0.05) is 19.6 Å². The van der Waals surface area contributed by atoms with E-state index in [9.17, 15) is 10.1 Å². The summed E-state index contributed by atoms with van der Waals surface area (Å²) in [6.07, 6.45) is 7.38. The van der Waals surface area contributed by atoms with Gasteiger partial charge in [-0.2, -0.15) is 5.26 Å². The summed E-state index contributed by atoms with van der Waals surface area (Å²) in [6.45, 7) is 3.18. The third-order valence-electron chi connectivity index (χ3n) is 7.42. The molecule has 1 aliphatic rings. The molecule has 1 unspecified atom stereocenters. The summed E-state index contributed by atoms with van der Waals surface area (Å²) in [4.78, 5) is 14.3. The number of hydrogen-bond acceptors (Lipinski definition) is 4. The Morgan fingerprint density at radius 1 is 0.973 bits per heavy atom. The normalized spacial score (nSPS) is 14.7. The zero-order valence-corrected chi connectivity index (χ0v) is 21.5. The molecule has 1 amide bonds. The van der Waals surface area contributed by atoms with Crippen LogP contribution in [0.5, 0.6) is 5.75 Å². The number of carbonyl (C=O) groups is 1. The Kier molecular flexibility index (Phi) is 9.74. The highest BCUT2D eigenvalue weighted by molar-refractivity contribution is 5.95. The van der Waals surface area contributed by atoms with E-state index in [0.717, 1.165) is 26.1 Å². The molecular formula is C32H37N3O2. The second-order valence-corrected chi connectivity index (χ2v) is 10.0. The number of benzene rings is 3. The average molecular weight is 496 g/mol. The van der Waals surface area contributed by atoms with Crippen LogP contribution in [0.25, 0.3) is 0 Å². The van der Waals surface area contributed by atoms with Gasteiger partial charge in [0.15, 0.2) is 0 Å². The van der Waals surface area contributed by atoms with Gasteiger partial charge in [0.05, 0.1) is 23.8 Å². The fraction of sp³-hybridized carbons (Fsp3) is 0.375. The van der Waals surface area contributed by atoms with Crippen molar-refractivity contribution in [1.29, 1.82) is 5.26 Å². The molecule has 3 aromatic rings. The van der Waals surface area contributed by atoms with E-state index in [-0.39, 0.29) is 0 Å². The molecule has 192 valence electrons. The monoisotopic (exact) mass is 495 g/mol. The van der Waals surface area contributed by atoms with Crippen LogP contribution in [0.2, 0.25) is 0 Å². The Morgan fingerprint density at radius 2 is 1.68 bits per heavy atom. The zero-order chi connectivity index (χ0) is 25.9. The first-order valence-electron chi connectivity index (χ1n) is 13.4. The van der Waals surface area contributed by atoms with Gasteiger partial charge in [-0.25, -0.2) is 0 Å². The summed E-state index contributed by atoms with van der Waals surface area (Å²) >= 11 is 0. The maximum absolute atomic E-state index is 11.7. The smallest absolute Gasteiger partial charge is 0.252 e. The van der Waals surface area contributed by atoms with Crippen LogP contribution in [0.3, 0.4) is 0 Å². The van der Waals surface area contributed by atoms with Crippen molar-refractivity contribution >= 4 is 5.91 Å². The van der Waals surface area contributed by atoms with E-state index in [1.165, 1.54) is 43.2 Å². The molecule has 0 spiro atoms. The quantitative estimate of drug-likeness (QED) is 0.299. The van der Waals surface area contributed by atoms with Crippen molar-refractivity contribution < 1.29 is 9.53 Å². The Bertz CT molecular complexity index is 1160. The summed E-state index contributed by atoms with van der Waals surface area (Å²) in [5.41, 5.74) is 9.23. The maximum Gasteiger partial charge on any atom is 0.252 e. The number of carbonyl (C=O) groups excluding carboxylic acids is 1. The van der Waals surface area contributed by atoms with Gasteiger partial charge in [0.25, 0.3) is 5.91 Å². The Labute approximate surface area is 220 Å². The Morgan fingerprint density at radius 3 is 2.38 bits per heavy atom. The predicted octanol–water partition coefficient (Wildman–Crippen LogP) is 6.29. The van der Waals surface area contributed by atoms with Crippen molar-refractivity contribution in [2.45, 2.75) is 51.0 Å². The number of primary amides is 1. The van der Waals surface area contributed by atoms with Crippen LogP contribution in [-0.2, 0) is 6.54 Å². The van der Waals surface area contributed by atoms with Crippen LogP contribution in [0.15, 0.2) is 78.9 Å². The molecule has 3 aromatic carbocycles. The fourth-order valence-corrected chi connectivity index (χ4v) is 5.49. The lowest BCUT2D eigenvalue weighted by Crippen LogP contribution is -2.33. The minimum Gasteiger partial charge on any atom is -0.493 e. The summed E-state index contributed by atoms with van der Waals surface area (Å²) < 4.78 is 5.97. The molecular weight excluding hydrogens is 458 g/mol. The van der Waals surface area contributed by atoms with Gasteiger partial charge >= 0.3 is 0 Å². The van der Waals surface area contributed by atoms with Gasteiger partial charge in [-0.15, -0.1) is 0 Å². The number of rotatable bonds is 12. The minimum atomic E-state index is -0.476. The van der Waals surface area contributed by atoms with Crippen molar-refractivity contribution in [1.82, 2.24) is 4.90 Å². The van der Waals surface area contributed by atoms with Gasteiger partial charge < -0.3 is 10.5 Å². The Balaban J connectivity index is 1.47. The van der Waals surface area contributed by atoms with Gasteiger partial charge in [-0.1, -0.05) is 73.9 Å². The van der Waals surface area contributed by atoms with Gasteiger partial charge in [0.1, 0.15) is 5.75 Å². The molecule has 2 N–H and O–H groups in total. The van der Waals surface area contributed by atoms with Crippen LogP contribution in [0.1, 0.15) is 71.5 Å². The van der Waals surface area contributed by atoms with Gasteiger partial charge in [-0.05, 0) is 66.5 Å². The largest absolute Gasteiger partial charge is 0.493 e. The van der Waals surface area contributed by atoms with Gasteiger partial charge in [-0.3, -0.25) is 9.69 Å². The number of ether oxygens (including phenoxy) is 1. The van der Waals surface area contributed by atoms with E-state index < -0.39 is 5.91 Å². The van der Waals surface area contributed by atoms with E-state index in [4.69, 9.17) is 10.5 Å². The molecule has 1 saturated carbocycles. The lowest BCUT2D eigenvalue weighted by Gasteiger charge is -2.35. The third-order valence-corrected chi connectivity index (χ3v) is 7.42. The highest BCUT2D eigenvalue weighted by atomic mass is 16.5. The molecule has 4 rings (SSSR count). The first-order valence-corrected chi connectivity index (χ1v) is 13.4. The molecule has 5 nitrogen and oxygen atoms in total. The predicted molar refractivity (Wildman–Crippen MR) is 147 cm³/mol. The fourth-order valence-electron chi connectivity index (χ4n) is 5.49. The molecule has 0 radical (unpaired) electrons. The minimum absolute atomic E-state index is 0.415. The molecule has 0 heterocycles. The van der Waals surface area contributed by atoms with Crippen LogP contribution in [-0.4, -0.2) is 30.5 Å². The van der Waals surface area contributed by atoms with E-state index >= 15 is 0 Å². The molecule has 1 fully saturated rings. The van der Waals surface area contributed by atoms with E-state index in [0.29, 0.717) is 35.3 Å². The number of nitriles is 1. The summed E-state index contributed by atoms with van der Waals surface area (Å²) in [5.74, 6) is 1.24. The standard InChI is InChI=1S/C32H37N3O2/c33-22-25-16-18-26(19-17-25)23-35(20-9-21-37-31-15-8-7-14-29(31)32(34)36)24-30(27-10-3-1-4-11-27)28-12-5-2-6-13-28/h1,3-4,7-8,10-11,14-19,28,30H,2,5-6,9,12-13,20-21,23-24H2,(H2,34,36). The van der Waals surface area contributed by atoms with Crippen molar-refractivity contribution in [2.24, 2.45) is 11.7 Å². The molecule has 1 aliphatic carbocycles.